The van der Waals surface area contributed by atoms with Crippen LogP contribution in [0.5, 0.6) is 11.5 Å². The standard InChI is InChI=1S/C36H26O2/c1-3-38-29-20-16-27(17-21-29)36(26-14-18-28(37-2)19-15-26)34-30-10-6-4-8-24(30)12-22-32(34)33-23-13-25-9-5-7-11-31(25)35(33)36/h3-23H,1H2,2H3. The van der Waals surface area contributed by atoms with E-state index < -0.39 is 5.41 Å². The van der Waals surface area contributed by atoms with Gasteiger partial charge in [0.05, 0.1) is 18.8 Å². The molecule has 0 bridgehead atoms. The number of ether oxygens (including phenoxy) is 2. The Morgan fingerprint density at radius 3 is 1.50 bits per heavy atom. The summed E-state index contributed by atoms with van der Waals surface area (Å²) < 4.78 is 11.2. The Morgan fingerprint density at radius 1 is 0.553 bits per heavy atom. The van der Waals surface area contributed by atoms with Crippen molar-refractivity contribution in [3.8, 4) is 22.6 Å². The lowest BCUT2D eigenvalue weighted by molar-refractivity contribution is 0.414. The first-order chi connectivity index (χ1) is 18.8. The highest BCUT2D eigenvalue weighted by Gasteiger charge is 2.48. The van der Waals surface area contributed by atoms with Crippen LogP contribution in [0.15, 0.2) is 134 Å². The van der Waals surface area contributed by atoms with Crippen LogP contribution in [0.2, 0.25) is 0 Å². The average molecular weight is 491 g/mol. The van der Waals surface area contributed by atoms with E-state index in [-0.39, 0.29) is 0 Å². The van der Waals surface area contributed by atoms with Gasteiger partial charge >= 0.3 is 0 Å². The highest BCUT2D eigenvalue weighted by molar-refractivity contribution is 6.06. The van der Waals surface area contributed by atoms with Gasteiger partial charge in [0.2, 0.25) is 0 Å². The second-order valence-electron chi connectivity index (χ2n) is 9.71. The van der Waals surface area contributed by atoms with E-state index in [9.17, 15) is 0 Å². The zero-order valence-electron chi connectivity index (χ0n) is 21.1. The summed E-state index contributed by atoms with van der Waals surface area (Å²) in [5, 5.41) is 4.97. The zero-order chi connectivity index (χ0) is 25.7. The molecular weight excluding hydrogens is 464 g/mol. The van der Waals surface area contributed by atoms with Gasteiger partial charge in [-0.1, -0.05) is 104 Å². The third-order valence-corrected chi connectivity index (χ3v) is 7.93. The maximum Gasteiger partial charge on any atom is 0.126 e. The second kappa shape index (κ2) is 8.64. The van der Waals surface area contributed by atoms with Gasteiger partial charge < -0.3 is 9.47 Å². The summed E-state index contributed by atoms with van der Waals surface area (Å²) in [5.74, 6) is 1.61. The first-order valence-electron chi connectivity index (χ1n) is 12.8. The third-order valence-electron chi connectivity index (χ3n) is 7.93. The van der Waals surface area contributed by atoms with E-state index in [1.54, 1.807) is 7.11 Å². The molecule has 0 saturated carbocycles. The van der Waals surface area contributed by atoms with Crippen LogP contribution >= 0.6 is 0 Å². The van der Waals surface area contributed by atoms with Crippen molar-refractivity contribution in [1.82, 2.24) is 0 Å². The molecule has 0 radical (unpaired) electrons. The van der Waals surface area contributed by atoms with Gasteiger partial charge in [0.1, 0.15) is 11.5 Å². The van der Waals surface area contributed by atoms with Gasteiger partial charge in [-0.3, -0.25) is 0 Å². The molecule has 182 valence electrons. The summed E-state index contributed by atoms with van der Waals surface area (Å²) in [6.45, 7) is 3.73. The van der Waals surface area contributed by atoms with Crippen LogP contribution in [0.1, 0.15) is 22.3 Å². The predicted octanol–water partition coefficient (Wildman–Crippen LogP) is 8.89. The normalized spacial score (nSPS) is 13.2. The molecule has 6 aromatic carbocycles. The molecule has 1 aliphatic rings. The van der Waals surface area contributed by atoms with Gasteiger partial charge in [-0.2, -0.15) is 0 Å². The van der Waals surface area contributed by atoms with E-state index >= 15 is 0 Å². The third kappa shape index (κ3) is 3.07. The Hall–Kier alpha value is -4.82. The van der Waals surface area contributed by atoms with Crippen molar-refractivity contribution < 1.29 is 9.47 Å². The van der Waals surface area contributed by atoms with Crippen molar-refractivity contribution in [2.45, 2.75) is 5.41 Å². The fourth-order valence-electron chi connectivity index (χ4n) is 6.39. The lowest BCUT2D eigenvalue weighted by Crippen LogP contribution is -2.29. The zero-order valence-corrected chi connectivity index (χ0v) is 21.1. The van der Waals surface area contributed by atoms with Gasteiger partial charge in [0.15, 0.2) is 0 Å². The average Bonchev–Trinajstić information content (AvgIpc) is 3.30. The Morgan fingerprint density at radius 2 is 1.03 bits per heavy atom. The van der Waals surface area contributed by atoms with Crippen molar-refractivity contribution >= 4 is 21.5 Å². The van der Waals surface area contributed by atoms with Crippen LogP contribution in [0.3, 0.4) is 0 Å². The number of benzene rings is 6. The smallest absolute Gasteiger partial charge is 0.126 e. The molecule has 0 aliphatic heterocycles. The van der Waals surface area contributed by atoms with Gasteiger partial charge in [-0.05, 0) is 79.2 Å². The molecule has 0 N–H and O–H groups in total. The van der Waals surface area contributed by atoms with E-state index in [1.165, 1.54) is 61.2 Å². The Bertz CT molecular complexity index is 1740. The van der Waals surface area contributed by atoms with Gasteiger partial charge in [0, 0.05) is 0 Å². The molecule has 1 aliphatic carbocycles. The van der Waals surface area contributed by atoms with E-state index in [2.05, 4.69) is 116 Å². The maximum atomic E-state index is 5.62. The molecule has 0 aromatic heterocycles. The van der Waals surface area contributed by atoms with Gasteiger partial charge in [0.25, 0.3) is 0 Å². The molecule has 0 fully saturated rings. The molecule has 0 atom stereocenters. The lowest BCUT2D eigenvalue weighted by atomic mass is 9.66. The number of hydrogen-bond donors (Lipinski definition) is 0. The molecule has 0 saturated heterocycles. The Labute approximate surface area is 222 Å². The van der Waals surface area contributed by atoms with E-state index in [4.69, 9.17) is 9.47 Å². The number of rotatable bonds is 5. The highest BCUT2D eigenvalue weighted by atomic mass is 16.5. The van der Waals surface area contributed by atoms with Crippen molar-refractivity contribution in [2.24, 2.45) is 0 Å². The summed E-state index contributed by atoms with van der Waals surface area (Å²) >= 11 is 0. The van der Waals surface area contributed by atoms with E-state index in [1.807, 2.05) is 12.1 Å². The minimum absolute atomic E-state index is 0.550. The Kier molecular flexibility index (Phi) is 5.09. The van der Waals surface area contributed by atoms with Crippen molar-refractivity contribution in [3.05, 3.63) is 156 Å². The molecule has 0 heterocycles. The lowest BCUT2D eigenvalue weighted by Gasteiger charge is -2.35. The second-order valence-corrected chi connectivity index (χ2v) is 9.71. The van der Waals surface area contributed by atoms with Crippen LogP contribution in [0.4, 0.5) is 0 Å². The number of fused-ring (bicyclic) bond motifs is 7. The molecule has 0 amide bonds. The Balaban J connectivity index is 1.70. The van der Waals surface area contributed by atoms with Gasteiger partial charge in [-0.25, -0.2) is 0 Å². The summed E-state index contributed by atoms with van der Waals surface area (Å²) in [6, 6.07) is 43.6. The fourth-order valence-corrected chi connectivity index (χ4v) is 6.39. The van der Waals surface area contributed by atoms with Crippen molar-refractivity contribution in [2.75, 3.05) is 7.11 Å². The number of methoxy groups -OCH3 is 1. The van der Waals surface area contributed by atoms with Crippen LogP contribution in [0, 0.1) is 0 Å². The van der Waals surface area contributed by atoms with Crippen molar-refractivity contribution in [3.63, 3.8) is 0 Å². The molecule has 0 unspecified atom stereocenters. The maximum absolute atomic E-state index is 5.62. The topological polar surface area (TPSA) is 18.5 Å². The summed E-state index contributed by atoms with van der Waals surface area (Å²) in [4.78, 5) is 0. The van der Waals surface area contributed by atoms with Crippen LogP contribution < -0.4 is 9.47 Å². The molecule has 38 heavy (non-hydrogen) atoms. The monoisotopic (exact) mass is 490 g/mol. The molecule has 0 spiro atoms. The molecule has 2 heteroatoms. The minimum atomic E-state index is -0.550. The van der Waals surface area contributed by atoms with Crippen LogP contribution in [0.25, 0.3) is 32.7 Å². The van der Waals surface area contributed by atoms with Gasteiger partial charge in [-0.15, -0.1) is 0 Å². The SMILES string of the molecule is C=COc1ccc(C2(c3ccc(OC)cc3)c3c(ccc4ccccc34)-c3ccc4ccccc4c32)cc1. The largest absolute Gasteiger partial charge is 0.497 e. The first-order valence-corrected chi connectivity index (χ1v) is 12.8. The molecule has 2 nitrogen and oxygen atoms in total. The predicted molar refractivity (Wildman–Crippen MR) is 156 cm³/mol. The summed E-state index contributed by atoms with van der Waals surface area (Å²) in [6.07, 6.45) is 1.47. The summed E-state index contributed by atoms with van der Waals surface area (Å²) in [7, 11) is 1.71. The van der Waals surface area contributed by atoms with E-state index in [0.717, 1.165) is 11.5 Å². The van der Waals surface area contributed by atoms with Crippen LogP contribution in [-0.4, -0.2) is 7.11 Å². The molecular formula is C36H26O2. The quantitative estimate of drug-likeness (QED) is 0.224. The van der Waals surface area contributed by atoms with Crippen LogP contribution in [-0.2, 0) is 5.41 Å². The molecule has 6 aromatic rings. The minimum Gasteiger partial charge on any atom is -0.497 e. The highest BCUT2D eigenvalue weighted by Crippen LogP contribution is 2.60. The van der Waals surface area contributed by atoms with E-state index in [0.29, 0.717) is 0 Å². The number of hydrogen-bond acceptors (Lipinski definition) is 2. The summed E-state index contributed by atoms with van der Waals surface area (Å²) in [5.41, 5.74) is 6.99. The first kappa shape index (κ1) is 22.4. The molecule has 7 rings (SSSR count). The van der Waals surface area contributed by atoms with Crippen molar-refractivity contribution in [1.29, 1.82) is 0 Å². The fraction of sp³-hybridized carbons (Fsp3) is 0.0556.